The van der Waals surface area contributed by atoms with Crippen molar-refractivity contribution in [3.63, 3.8) is 0 Å². The zero-order valence-electron chi connectivity index (χ0n) is 10.7. The SMILES string of the molecule is CCc1ccc(C(Cl)Cc2ccc(F)cc2F)cc1. The average Bonchev–Trinajstić information content (AvgIpc) is 2.42. The highest BCUT2D eigenvalue weighted by atomic mass is 35.5. The summed E-state index contributed by atoms with van der Waals surface area (Å²) < 4.78 is 26.4. The molecule has 0 amide bonds. The Bertz CT molecular complexity index is 549. The van der Waals surface area contributed by atoms with E-state index in [-0.39, 0.29) is 5.38 Å². The Morgan fingerprint density at radius 3 is 2.32 bits per heavy atom. The Hall–Kier alpha value is -1.41. The predicted molar refractivity (Wildman–Crippen MR) is 74.5 cm³/mol. The van der Waals surface area contributed by atoms with E-state index in [9.17, 15) is 8.78 Å². The maximum atomic E-state index is 13.5. The van der Waals surface area contributed by atoms with E-state index in [0.717, 1.165) is 18.1 Å². The van der Waals surface area contributed by atoms with E-state index >= 15 is 0 Å². The maximum Gasteiger partial charge on any atom is 0.129 e. The molecule has 0 aliphatic rings. The van der Waals surface area contributed by atoms with Gasteiger partial charge in [0.2, 0.25) is 0 Å². The average molecular weight is 281 g/mol. The van der Waals surface area contributed by atoms with Crippen LogP contribution in [-0.2, 0) is 12.8 Å². The summed E-state index contributed by atoms with van der Waals surface area (Å²) in [6.45, 7) is 2.08. The predicted octanol–water partition coefficient (Wildman–Crippen LogP) is 5.05. The summed E-state index contributed by atoms with van der Waals surface area (Å²) in [6.07, 6.45) is 1.32. The monoisotopic (exact) mass is 280 g/mol. The highest BCUT2D eigenvalue weighted by molar-refractivity contribution is 6.20. The molecule has 1 unspecified atom stereocenters. The molecule has 0 nitrogen and oxygen atoms in total. The summed E-state index contributed by atoms with van der Waals surface area (Å²) >= 11 is 6.29. The zero-order chi connectivity index (χ0) is 13.8. The van der Waals surface area contributed by atoms with Crippen LogP contribution in [-0.4, -0.2) is 0 Å². The van der Waals surface area contributed by atoms with Crippen LogP contribution in [0, 0.1) is 11.6 Å². The molecule has 0 saturated carbocycles. The van der Waals surface area contributed by atoms with Crippen molar-refractivity contribution in [1.29, 1.82) is 0 Å². The van der Waals surface area contributed by atoms with Gasteiger partial charge in [0.15, 0.2) is 0 Å². The highest BCUT2D eigenvalue weighted by Gasteiger charge is 2.12. The van der Waals surface area contributed by atoms with Gasteiger partial charge >= 0.3 is 0 Å². The lowest BCUT2D eigenvalue weighted by atomic mass is 10.0. The summed E-state index contributed by atoms with van der Waals surface area (Å²) in [6, 6.07) is 11.5. The maximum absolute atomic E-state index is 13.5. The topological polar surface area (TPSA) is 0 Å². The Morgan fingerprint density at radius 1 is 1.05 bits per heavy atom. The summed E-state index contributed by atoms with van der Waals surface area (Å²) in [5, 5.41) is -0.314. The van der Waals surface area contributed by atoms with Crippen molar-refractivity contribution in [2.24, 2.45) is 0 Å². The van der Waals surface area contributed by atoms with Crippen molar-refractivity contribution < 1.29 is 8.78 Å². The second-order valence-corrected chi connectivity index (χ2v) is 5.03. The van der Waals surface area contributed by atoms with Crippen molar-refractivity contribution in [2.45, 2.75) is 25.1 Å². The van der Waals surface area contributed by atoms with Gasteiger partial charge < -0.3 is 0 Å². The molecule has 2 rings (SSSR count). The first-order chi connectivity index (χ1) is 9.10. The molecule has 0 heterocycles. The second kappa shape index (κ2) is 6.16. The van der Waals surface area contributed by atoms with E-state index < -0.39 is 11.6 Å². The zero-order valence-corrected chi connectivity index (χ0v) is 11.4. The number of hydrogen-bond acceptors (Lipinski definition) is 0. The fraction of sp³-hybridized carbons (Fsp3) is 0.250. The van der Waals surface area contributed by atoms with Crippen LogP contribution in [0.15, 0.2) is 42.5 Å². The molecule has 0 spiro atoms. The van der Waals surface area contributed by atoms with Gasteiger partial charge in [-0.15, -0.1) is 11.6 Å². The third kappa shape index (κ3) is 3.54. The van der Waals surface area contributed by atoms with Crippen molar-refractivity contribution in [2.75, 3.05) is 0 Å². The molecule has 0 fully saturated rings. The Morgan fingerprint density at radius 2 is 1.74 bits per heavy atom. The molecular formula is C16H15ClF2. The molecule has 0 bridgehead atoms. The second-order valence-electron chi connectivity index (χ2n) is 4.50. The van der Waals surface area contributed by atoms with Crippen LogP contribution in [0.4, 0.5) is 8.78 Å². The highest BCUT2D eigenvalue weighted by Crippen LogP contribution is 2.26. The largest absolute Gasteiger partial charge is 0.207 e. The molecule has 0 aromatic heterocycles. The van der Waals surface area contributed by atoms with Crippen LogP contribution >= 0.6 is 11.6 Å². The summed E-state index contributed by atoms with van der Waals surface area (Å²) in [7, 11) is 0. The number of benzene rings is 2. The van der Waals surface area contributed by atoms with Gasteiger partial charge in [0, 0.05) is 6.07 Å². The van der Waals surface area contributed by atoms with Gasteiger partial charge in [-0.3, -0.25) is 0 Å². The van der Waals surface area contributed by atoms with E-state index in [1.807, 2.05) is 24.3 Å². The lowest BCUT2D eigenvalue weighted by molar-refractivity contribution is 0.570. The van der Waals surface area contributed by atoms with E-state index in [1.54, 1.807) is 0 Å². The minimum atomic E-state index is -0.570. The minimum Gasteiger partial charge on any atom is -0.207 e. The lowest BCUT2D eigenvalue weighted by Gasteiger charge is -2.11. The normalized spacial score (nSPS) is 12.4. The van der Waals surface area contributed by atoms with E-state index in [2.05, 4.69) is 6.92 Å². The van der Waals surface area contributed by atoms with Crippen LogP contribution in [0.3, 0.4) is 0 Å². The van der Waals surface area contributed by atoms with Gasteiger partial charge in [-0.05, 0) is 35.6 Å². The molecule has 100 valence electrons. The van der Waals surface area contributed by atoms with Gasteiger partial charge in [-0.2, -0.15) is 0 Å². The van der Waals surface area contributed by atoms with Crippen LogP contribution in [0.5, 0.6) is 0 Å². The molecule has 0 saturated heterocycles. The van der Waals surface area contributed by atoms with Crippen LogP contribution in [0.1, 0.15) is 29.0 Å². The van der Waals surface area contributed by atoms with E-state index in [4.69, 9.17) is 11.6 Å². The first kappa shape index (κ1) is 14.0. The molecule has 0 radical (unpaired) electrons. The first-order valence-corrected chi connectivity index (χ1v) is 6.70. The Balaban J connectivity index is 2.13. The molecule has 0 aliphatic carbocycles. The molecule has 3 heteroatoms. The van der Waals surface area contributed by atoms with E-state index in [1.165, 1.54) is 17.7 Å². The van der Waals surface area contributed by atoms with Crippen molar-refractivity contribution in [3.05, 3.63) is 70.8 Å². The number of alkyl halides is 1. The lowest BCUT2D eigenvalue weighted by Crippen LogP contribution is -1.99. The third-order valence-corrected chi connectivity index (χ3v) is 3.57. The molecular weight excluding hydrogens is 266 g/mol. The van der Waals surface area contributed by atoms with Crippen molar-refractivity contribution in [1.82, 2.24) is 0 Å². The standard InChI is InChI=1S/C16H15ClF2/c1-2-11-3-5-12(6-4-11)15(17)9-13-7-8-14(18)10-16(13)19/h3-8,10,15H,2,9H2,1H3. The van der Waals surface area contributed by atoms with Crippen molar-refractivity contribution >= 4 is 11.6 Å². The molecule has 2 aromatic rings. The summed E-state index contributed by atoms with van der Waals surface area (Å²) in [5.41, 5.74) is 2.61. The number of halogens is 3. The van der Waals surface area contributed by atoms with Gasteiger partial charge in [-0.1, -0.05) is 37.3 Å². The molecule has 0 N–H and O–H groups in total. The van der Waals surface area contributed by atoms with Gasteiger partial charge in [-0.25, -0.2) is 8.78 Å². The molecule has 19 heavy (non-hydrogen) atoms. The first-order valence-electron chi connectivity index (χ1n) is 6.27. The number of aryl methyl sites for hydroxylation is 1. The fourth-order valence-corrected chi connectivity index (χ4v) is 2.27. The summed E-state index contributed by atoms with van der Waals surface area (Å²) in [4.78, 5) is 0. The minimum absolute atomic E-state index is 0.314. The Kier molecular flexibility index (Phi) is 4.54. The molecule has 1 atom stereocenters. The van der Waals surface area contributed by atoms with Gasteiger partial charge in [0.1, 0.15) is 11.6 Å². The third-order valence-electron chi connectivity index (χ3n) is 3.16. The summed E-state index contributed by atoms with van der Waals surface area (Å²) in [5.74, 6) is -1.12. The van der Waals surface area contributed by atoms with Crippen LogP contribution in [0.2, 0.25) is 0 Å². The van der Waals surface area contributed by atoms with Gasteiger partial charge in [0.05, 0.1) is 5.38 Å². The number of hydrogen-bond donors (Lipinski definition) is 0. The van der Waals surface area contributed by atoms with Crippen LogP contribution in [0.25, 0.3) is 0 Å². The molecule has 2 aromatic carbocycles. The van der Waals surface area contributed by atoms with Gasteiger partial charge in [0.25, 0.3) is 0 Å². The fourth-order valence-electron chi connectivity index (χ4n) is 1.96. The van der Waals surface area contributed by atoms with E-state index in [0.29, 0.717) is 12.0 Å². The quantitative estimate of drug-likeness (QED) is 0.688. The van der Waals surface area contributed by atoms with Crippen LogP contribution < -0.4 is 0 Å². The number of rotatable bonds is 4. The smallest absolute Gasteiger partial charge is 0.129 e. The van der Waals surface area contributed by atoms with Crippen molar-refractivity contribution in [3.8, 4) is 0 Å². The molecule has 0 aliphatic heterocycles. The Labute approximate surface area is 117 Å².